The highest BCUT2D eigenvalue weighted by Crippen LogP contribution is 2.36. The van der Waals surface area contributed by atoms with Crippen LogP contribution in [0.15, 0.2) is 23.8 Å². The van der Waals surface area contributed by atoms with Crippen molar-refractivity contribution in [2.75, 3.05) is 6.61 Å². The van der Waals surface area contributed by atoms with Gasteiger partial charge in [0.1, 0.15) is 0 Å². The lowest BCUT2D eigenvalue weighted by Crippen LogP contribution is -2.41. The first-order valence-corrected chi connectivity index (χ1v) is 11.5. The van der Waals surface area contributed by atoms with E-state index >= 15 is 0 Å². The molecular weight excluding hydrogens is 300 g/mol. The van der Waals surface area contributed by atoms with E-state index in [4.69, 9.17) is 10.8 Å². The molecule has 0 bridgehead atoms. The van der Waals surface area contributed by atoms with Crippen LogP contribution in [0.4, 0.5) is 0 Å². The normalized spacial score (nSPS) is 14.4. The molecular formula is C20H36O2Si. The highest BCUT2D eigenvalue weighted by atomic mass is 28.4. The van der Waals surface area contributed by atoms with Gasteiger partial charge in [-0.2, -0.15) is 0 Å². The maximum absolute atomic E-state index is 10.3. The zero-order valence-electron chi connectivity index (χ0n) is 16.0. The van der Waals surface area contributed by atoms with E-state index in [1.165, 1.54) is 5.57 Å². The molecule has 132 valence electrons. The Hall–Kier alpha value is -0.823. The van der Waals surface area contributed by atoms with E-state index < -0.39 is 14.4 Å². The van der Waals surface area contributed by atoms with Crippen LogP contribution in [-0.2, 0) is 4.43 Å². The minimum Gasteiger partial charge on any atom is -0.413 e. The standard InChI is InChI=1S/C20H36O2Si/c1-9-10-11-12-13-17(2)14-15-19(21)18(3)16-22-23(7,8)20(4,5)6/h1,13,19,21H,3,10-12,14-16H2,2,4-8H3/b17-13+. The predicted molar refractivity (Wildman–Crippen MR) is 104 cm³/mol. The predicted octanol–water partition coefficient (Wildman–Crippen LogP) is 5.46. The fraction of sp³-hybridized carbons (Fsp3) is 0.700. The highest BCUT2D eigenvalue weighted by molar-refractivity contribution is 6.74. The van der Waals surface area contributed by atoms with Crippen molar-refractivity contribution in [3.8, 4) is 12.3 Å². The first-order valence-electron chi connectivity index (χ1n) is 8.60. The maximum Gasteiger partial charge on any atom is 0.192 e. The molecule has 23 heavy (non-hydrogen) atoms. The summed E-state index contributed by atoms with van der Waals surface area (Å²) in [5.74, 6) is 2.65. The first-order chi connectivity index (χ1) is 10.5. The minimum atomic E-state index is -1.78. The summed E-state index contributed by atoms with van der Waals surface area (Å²) < 4.78 is 6.12. The average Bonchev–Trinajstić information content (AvgIpc) is 2.45. The van der Waals surface area contributed by atoms with Crippen molar-refractivity contribution in [3.05, 3.63) is 23.8 Å². The van der Waals surface area contributed by atoms with Gasteiger partial charge >= 0.3 is 0 Å². The van der Waals surface area contributed by atoms with E-state index in [2.05, 4.69) is 59.4 Å². The second kappa shape index (κ2) is 10.1. The Labute approximate surface area is 145 Å². The van der Waals surface area contributed by atoms with Crippen molar-refractivity contribution in [3.63, 3.8) is 0 Å². The molecule has 0 spiro atoms. The molecule has 1 N–H and O–H groups in total. The molecule has 0 aromatic carbocycles. The van der Waals surface area contributed by atoms with Crippen LogP contribution in [0.2, 0.25) is 18.1 Å². The van der Waals surface area contributed by atoms with E-state index in [0.717, 1.165) is 31.3 Å². The first kappa shape index (κ1) is 22.2. The Morgan fingerprint density at radius 3 is 2.52 bits per heavy atom. The van der Waals surface area contributed by atoms with Gasteiger partial charge in [-0.15, -0.1) is 12.3 Å². The number of aliphatic hydroxyl groups is 1. The van der Waals surface area contributed by atoms with Crippen LogP contribution >= 0.6 is 0 Å². The Morgan fingerprint density at radius 2 is 2.00 bits per heavy atom. The van der Waals surface area contributed by atoms with Crippen LogP contribution in [0, 0.1) is 12.3 Å². The van der Waals surface area contributed by atoms with Crippen LogP contribution in [0.3, 0.4) is 0 Å². The molecule has 0 fully saturated rings. The lowest BCUT2D eigenvalue weighted by Gasteiger charge is -2.36. The third-order valence-electron chi connectivity index (χ3n) is 4.73. The van der Waals surface area contributed by atoms with Crippen LogP contribution in [0.25, 0.3) is 0 Å². The summed E-state index contributed by atoms with van der Waals surface area (Å²) in [4.78, 5) is 0. The number of terminal acetylenes is 1. The van der Waals surface area contributed by atoms with Crippen molar-refractivity contribution in [2.45, 2.75) is 84.0 Å². The molecule has 1 unspecified atom stereocenters. The van der Waals surface area contributed by atoms with Gasteiger partial charge in [0.15, 0.2) is 8.32 Å². The Balaban J connectivity index is 4.20. The third-order valence-corrected chi connectivity index (χ3v) is 9.20. The van der Waals surface area contributed by atoms with Gasteiger partial charge in [0, 0.05) is 6.42 Å². The number of rotatable bonds is 10. The average molecular weight is 337 g/mol. The van der Waals surface area contributed by atoms with Crippen molar-refractivity contribution < 1.29 is 9.53 Å². The van der Waals surface area contributed by atoms with E-state index in [1.54, 1.807) is 0 Å². The molecule has 2 nitrogen and oxygen atoms in total. The van der Waals surface area contributed by atoms with E-state index in [0.29, 0.717) is 13.0 Å². The van der Waals surface area contributed by atoms with Gasteiger partial charge < -0.3 is 9.53 Å². The summed E-state index contributed by atoms with van der Waals surface area (Å²) >= 11 is 0. The number of hydrogen-bond donors (Lipinski definition) is 1. The van der Waals surface area contributed by atoms with Gasteiger partial charge in [0.05, 0.1) is 12.7 Å². The van der Waals surface area contributed by atoms with Crippen molar-refractivity contribution >= 4 is 8.32 Å². The van der Waals surface area contributed by atoms with E-state index in [9.17, 15) is 5.11 Å². The SMILES string of the molecule is C#CCCC/C=C(\C)CCC(O)C(=C)CO[Si](C)(C)C(C)(C)C. The van der Waals surface area contributed by atoms with Crippen LogP contribution in [0.1, 0.15) is 59.8 Å². The molecule has 0 aliphatic heterocycles. The smallest absolute Gasteiger partial charge is 0.192 e. The zero-order valence-corrected chi connectivity index (χ0v) is 17.0. The number of unbranched alkanes of at least 4 members (excludes halogenated alkanes) is 2. The fourth-order valence-electron chi connectivity index (χ4n) is 1.81. The van der Waals surface area contributed by atoms with Gasteiger partial charge in [0.2, 0.25) is 0 Å². The van der Waals surface area contributed by atoms with Crippen LogP contribution in [-0.4, -0.2) is 26.1 Å². The molecule has 0 aliphatic carbocycles. The summed E-state index contributed by atoms with van der Waals surface area (Å²) in [6.07, 6.45) is 11.4. The van der Waals surface area contributed by atoms with Crippen LogP contribution < -0.4 is 0 Å². The topological polar surface area (TPSA) is 29.5 Å². The minimum absolute atomic E-state index is 0.177. The fourth-order valence-corrected chi connectivity index (χ4v) is 2.79. The molecule has 0 saturated heterocycles. The third kappa shape index (κ3) is 9.15. The van der Waals surface area contributed by atoms with E-state index in [-0.39, 0.29) is 5.04 Å². The van der Waals surface area contributed by atoms with Crippen molar-refractivity contribution in [1.29, 1.82) is 0 Å². The molecule has 0 aliphatic rings. The lowest BCUT2D eigenvalue weighted by atomic mass is 10.0. The lowest BCUT2D eigenvalue weighted by molar-refractivity contribution is 0.180. The largest absolute Gasteiger partial charge is 0.413 e. The molecule has 0 rings (SSSR count). The van der Waals surface area contributed by atoms with Crippen molar-refractivity contribution in [1.82, 2.24) is 0 Å². The molecule has 1 atom stereocenters. The van der Waals surface area contributed by atoms with Gasteiger partial charge in [-0.05, 0) is 56.3 Å². The number of allylic oxidation sites excluding steroid dienone is 2. The van der Waals surface area contributed by atoms with E-state index in [1.807, 2.05) is 0 Å². The highest BCUT2D eigenvalue weighted by Gasteiger charge is 2.37. The van der Waals surface area contributed by atoms with Gasteiger partial charge in [0.25, 0.3) is 0 Å². The molecule has 0 amide bonds. The molecule has 0 heterocycles. The zero-order chi connectivity index (χ0) is 18.1. The molecule has 3 heteroatoms. The molecule has 0 radical (unpaired) electrons. The second-order valence-electron chi connectivity index (χ2n) is 7.91. The quantitative estimate of drug-likeness (QED) is 0.248. The molecule has 0 saturated carbocycles. The Morgan fingerprint density at radius 1 is 1.39 bits per heavy atom. The van der Waals surface area contributed by atoms with Gasteiger partial charge in [-0.1, -0.05) is 39.0 Å². The summed E-state index contributed by atoms with van der Waals surface area (Å²) in [5.41, 5.74) is 2.09. The summed E-state index contributed by atoms with van der Waals surface area (Å²) in [6, 6.07) is 0. The second-order valence-corrected chi connectivity index (χ2v) is 12.7. The maximum atomic E-state index is 10.3. The van der Waals surface area contributed by atoms with Crippen LogP contribution in [0.5, 0.6) is 0 Å². The Bertz CT molecular complexity index is 436. The molecule has 0 aromatic heterocycles. The van der Waals surface area contributed by atoms with Crippen molar-refractivity contribution in [2.24, 2.45) is 0 Å². The summed E-state index contributed by atoms with van der Waals surface area (Å²) in [5, 5.41) is 10.4. The number of aliphatic hydroxyl groups excluding tert-OH is 1. The number of hydrogen-bond acceptors (Lipinski definition) is 2. The Kier molecular flexibility index (Phi) is 9.76. The monoisotopic (exact) mass is 336 g/mol. The summed E-state index contributed by atoms with van der Waals surface area (Å²) in [6.45, 7) is 17.7. The molecule has 0 aromatic rings. The summed E-state index contributed by atoms with van der Waals surface area (Å²) in [7, 11) is -1.78. The van der Waals surface area contributed by atoms with Gasteiger partial charge in [-0.3, -0.25) is 0 Å². The van der Waals surface area contributed by atoms with Gasteiger partial charge in [-0.25, -0.2) is 0 Å².